The van der Waals surface area contributed by atoms with Gasteiger partial charge in [0, 0.05) is 48.2 Å². The maximum atomic E-state index is 12.8. The van der Waals surface area contributed by atoms with E-state index in [2.05, 4.69) is 21.0 Å². The summed E-state index contributed by atoms with van der Waals surface area (Å²) in [6, 6.07) is 10.3. The van der Waals surface area contributed by atoms with Gasteiger partial charge in [-0.25, -0.2) is 4.98 Å². The van der Waals surface area contributed by atoms with E-state index in [-0.39, 0.29) is 5.91 Å². The Balaban J connectivity index is 1.39. The third-order valence-corrected chi connectivity index (χ3v) is 6.49. The first-order valence-corrected chi connectivity index (χ1v) is 12.1. The Labute approximate surface area is 200 Å². The second-order valence-corrected chi connectivity index (χ2v) is 9.26. The molecule has 8 nitrogen and oxygen atoms in total. The first-order chi connectivity index (χ1) is 16.6. The number of hydrogen-bond acceptors (Lipinski definition) is 6. The number of aryl methyl sites for hydroxylation is 1. The smallest absolute Gasteiger partial charge is 0.255 e. The molecule has 2 fully saturated rings. The summed E-state index contributed by atoms with van der Waals surface area (Å²) in [6.45, 7) is 0. The molecule has 8 heteroatoms. The van der Waals surface area contributed by atoms with E-state index in [4.69, 9.17) is 9.72 Å². The van der Waals surface area contributed by atoms with Crippen LogP contribution in [0.3, 0.4) is 0 Å². The van der Waals surface area contributed by atoms with Crippen LogP contribution in [0.4, 0.5) is 17.3 Å². The Morgan fingerprint density at radius 3 is 2.59 bits per heavy atom. The number of benzene rings is 1. The van der Waals surface area contributed by atoms with Crippen molar-refractivity contribution in [1.29, 1.82) is 0 Å². The summed E-state index contributed by atoms with van der Waals surface area (Å²) in [6.07, 6.45) is 11.8. The lowest BCUT2D eigenvalue weighted by Gasteiger charge is -2.24. The fraction of sp³-hybridized carbons (Fsp3) is 0.423. The molecule has 0 spiro atoms. The van der Waals surface area contributed by atoms with Crippen molar-refractivity contribution in [2.45, 2.75) is 57.0 Å². The average molecular weight is 461 g/mol. The van der Waals surface area contributed by atoms with Crippen LogP contribution in [-0.2, 0) is 7.05 Å². The van der Waals surface area contributed by atoms with E-state index in [0.717, 1.165) is 48.2 Å². The summed E-state index contributed by atoms with van der Waals surface area (Å²) in [7, 11) is 3.56. The molecular formula is C26H32N6O2. The number of amides is 1. The molecule has 0 aliphatic heterocycles. The van der Waals surface area contributed by atoms with Gasteiger partial charge in [0.25, 0.3) is 5.91 Å². The van der Waals surface area contributed by atoms with E-state index in [0.29, 0.717) is 29.3 Å². The van der Waals surface area contributed by atoms with Gasteiger partial charge in [0.2, 0.25) is 0 Å². The van der Waals surface area contributed by atoms with Crippen LogP contribution < -0.4 is 20.7 Å². The van der Waals surface area contributed by atoms with E-state index in [9.17, 15) is 4.79 Å². The predicted octanol–water partition coefficient (Wildman–Crippen LogP) is 4.87. The number of ether oxygens (including phenoxy) is 1. The number of anilines is 3. The van der Waals surface area contributed by atoms with Gasteiger partial charge in [-0.3, -0.25) is 9.48 Å². The molecule has 2 aliphatic carbocycles. The van der Waals surface area contributed by atoms with Gasteiger partial charge in [-0.05, 0) is 49.9 Å². The number of hydrogen-bond donors (Lipinski definition) is 3. The number of rotatable bonds is 8. The van der Waals surface area contributed by atoms with Gasteiger partial charge >= 0.3 is 0 Å². The van der Waals surface area contributed by atoms with Gasteiger partial charge in [0.05, 0.1) is 18.9 Å². The molecule has 1 amide bonds. The zero-order chi connectivity index (χ0) is 23.5. The van der Waals surface area contributed by atoms with E-state index >= 15 is 0 Å². The summed E-state index contributed by atoms with van der Waals surface area (Å²) in [4.78, 5) is 17.7. The molecular weight excluding hydrogens is 428 g/mol. The molecule has 178 valence electrons. The second-order valence-electron chi connectivity index (χ2n) is 9.26. The van der Waals surface area contributed by atoms with Crippen LogP contribution in [-0.4, -0.2) is 39.9 Å². The zero-order valence-corrected chi connectivity index (χ0v) is 19.8. The van der Waals surface area contributed by atoms with Crippen LogP contribution in [0.5, 0.6) is 5.75 Å². The Bertz CT molecular complexity index is 1160. The van der Waals surface area contributed by atoms with Crippen molar-refractivity contribution in [2.24, 2.45) is 7.05 Å². The van der Waals surface area contributed by atoms with E-state index in [1.165, 1.54) is 19.3 Å². The summed E-state index contributed by atoms with van der Waals surface area (Å²) in [5.74, 6) is 2.02. The van der Waals surface area contributed by atoms with Gasteiger partial charge in [-0.15, -0.1) is 0 Å². The van der Waals surface area contributed by atoms with Gasteiger partial charge in [-0.2, -0.15) is 5.10 Å². The highest BCUT2D eigenvalue weighted by Gasteiger charge is 2.26. The van der Waals surface area contributed by atoms with Crippen molar-refractivity contribution in [3.8, 4) is 16.9 Å². The fourth-order valence-electron chi connectivity index (χ4n) is 4.47. The first kappa shape index (κ1) is 22.3. The highest BCUT2D eigenvalue weighted by atomic mass is 16.5. The molecule has 1 aromatic carbocycles. The number of carbonyl (C=O) groups is 1. The molecule has 34 heavy (non-hydrogen) atoms. The topological polar surface area (TPSA) is 93.1 Å². The van der Waals surface area contributed by atoms with Crippen LogP contribution in [0.25, 0.3) is 11.1 Å². The maximum Gasteiger partial charge on any atom is 0.255 e. The number of nitrogens with one attached hydrogen (secondary N) is 3. The van der Waals surface area contributed by atoms with Crippen molar-refractivity contribution in [3.05, 3.63) is 48.3 Å². The summed E-state index contributed by atoms with van der Waals surface area (Å²) >= 11 is 0. The average Bonchev–Trinajstić information content (AvgIpc) is 3.56. The first-order valence-electron chi connectivity index (χ1n) is 12.1. The minimum atomic E-state index is -0.0534. The molecule has 0 unspecified atom stereocenters. The molecule has 2 heterocycles. The van der Waals surface area contributed by atoms with E-state index in [1.54, 1.807) is 11.8 Å². The lowest BCUT2D eigenvalue weighted by molar-refractivity contribution is 0.0951. The van der Waals surface area contributed by atoms with Crippen molar-refractivity contribution in [2.75, 3.05) is 17.7 Å². The molecule has 0 atom stereocenters. The molecule has 3 N–H and O–H groups in total. The molecule has 3 aromatic rings. The van der Waals surface area contributed by atoms with E-state index < -0.39 is 0 Å². The van der Waals surface area contributed by atoms with Crippen molar-refractivity contribution in [3.63, 3.8) is 0 Å². The second kappa shape index (κ2) is 9.75. The standard InChI is InChI=1S/C26H32N6O2/c1-32-16-17(15-27-32)21-11-10-20(14-23(21)34-2)28-24-13-12-22(26(33)30-19-8-9-19)25(31-24)29-18-6-4-3-5-7-18/h10-16,18-19H,3-9H2,1-2H3,(H,30,33)(H2,28,29,31). The molecule has 0 bridgehead atoms. The molecule has 5 rings (SSSR count). The summed E-state index contributed by atoms with van der Waals surface area (Å²) < 4.78 is 7.41. The zero-order valence-electron chi connectivity index (χ0n) is 19.8. The monoisotopic (exact) mass is 460 g/mol. The lowest BCUT2D eigenvalue weighted by atomic mass is 9.95. The Morgan fingerprint density at radius 1 is 1.06 bits per heavy atom. The SMILES string of the molecule is COc1cc(Nc2ccc(C(=O)NC3CC3)c(NC3CCCCC3)n2)ccc1-c1cnn(C)c1. The predicted molar refractivity (Wildman–Crippen MR) is 134 cm³/mol. The van der Waals surface area contributed by atoms with Crippen LogP contribution in [0.15, 0.2) is 42.7 Å². The van der Waals surface area contributed by atoms with Gasteiger partial charge < -0.3 is 20.7 Å². The molecule has 0 saturated heterocycles. The van der Waals surface area contributed by atoms with Crippen molar-refractivity contribution in [1.82, 2.24) is 20.1 Å². The number of carbonyl (C=O) groups excluding carboxylic acids is 1. The van der Waals surface area contributed by atoms with Crippen LogP contribution in [0, 0.1) is 0 Å². The highest BCUT2D eigenvalue weighted by molar-refractivity contribution is 5.99. The maximum absolute atomic E-state index is 12.8. The quantitative estimate of drug-likeness (QED) is 0.444. The van der Waals surface area contributed by atoms with Crippen molar-refractivity contribution >= 4 is 23.2 Å². The Hall–Kier alpha value is -3.55. The summed E-state index contributed by atoms with van der Waals surface area (Å²) in [5, 5.41) is 14.3. The van der Waals surface area contributed by atoms with Crippen LogP contribution in [0.2, 0.25) is 0 Å². The normalized spacial score (nSPS) is 16.2. The molecule has 2 aliphatic rings. The van der Waals surface area contributed by atoms with Crippen LogP contribution in [0.1, 0.15) is 55.3 Å². The fourth-order valence-corrected chi connectivity index (χ4v) is 4.47. The minimum absolute atomic E-state index is 0.0534. The van der Waals surface area contributed by atoms with Gasteiger partial charge in [-0.1, -0.05) is 19.3 Å². The van der Waals surface area contributed by atoms with Gasteiger partial charge in [0.15, 0.2) is 0 Å². The third-order valence-electron chi connectivity index (χ3n) is 6.49. The minimum Gasteiger partial charge on any atom is -0.496 e. The number of methoxy groups -OCH3 is 1. The van der Waals surface area contributed by atoms with Gasteiger partial charge in [0.1, 0.15) is 17.4 Å². The summed E-state index contributed by atoms with van der Waals surface area (Å²) in [5.41, 5.74) is 3.43. The Morgan fingerprint density at radius 2 is 1.88 bits per heavy atom. The Kier molecular flexibility index (Phi) is 6.38. The lowest BCUT2D eigenvalue weighted by Crippen LogP contribution is -2.29. The number of pyridine rings is 1. The molecule has 0 radical (unpaired) electrons. The molecule has 2 saturated carbocycles. The molecule has 2 aromatic heterocycles. The van der Waals surface area contributed by atoms with E-state index in [1.807, 2.05) is 49.8 Å². The van der Waals surface area contributed by atoms with Crippen molar-refractivity contribution < 1.29 is 9.53 Å². The van der Waals surface area contributed by atoms with Crippen LogP contribution >= 0.6 is 0 Å². The highest BCUT2D eigenvalue weighted by Crippen LogP contribution is 2.33. The number of aromatic nitrogens is 3. The number of nitrogens with zero attached hydrogens (tertiary/aromatic N) is 3. The third kappa shape index (κ3) is 5.16. The largest absolute Gasteiger partial charge is 0.496 e.